The zero-order chi connectivity index (χ0) is 14.4. The zero-order valence-electron chi connectivity index (χ0n) is 11.4. The molecule has 1 fully saturated rings. The second-order valence-electron chi connectivity index (χ2n) is 5.31. The first kappa shape index (κ1) is 15.5. The van der Waals surface area contributed by atoms with Gasteiger partial charge in [-0.3, -0.25) is 14.4 Å². The van der Waals surface area contributed by atoms with E-state index in [2.05, 4.69) is 10.6 Å². The summed E-state index contributed by atoms with van der Waals surface area (Å²) in [4.78, 5) is 33.9. The van der Waals surface area contributed by atoms with E-state index in [0.29, 0.717) is 25.8 Å². The van der Waals surface area contributed by atoms with Gasteiger partial charge in [0.25, 0.3) is 0 Å². The quantitative estimate of drug-likeness (QED) is 0.655. The van der Waals surface area contributed by atoms with Crippen molar-refractivity contribution in [2.45, 2.75) is 45.6 Å². The molecule has 0 aliphatic heterocycles. The molecule has 2 unspecified atom stereocenters. The van der Waals surface area contributed by atoms with E-state index in [9.17, 15) is 14.4 Å². The van der Waals surface area contributed by atoms with Crippen molar-refractivity contribution in [2.24, 2.45) is 11.8 Å². The summed E-state index contributed by atoms with van der Waals surface area (Å²) in [6, 6.07) is 0.0920. The number of hydrogen-bond acceptors (Lipinski definition) is 3. The molecule has 2 amide bonds. The fraction of sp³-hybridized carbons (Fsp3) is 0.769. The molecule has 0 saturated heterocycles. The van der Waals surface area contributed by atoms with E-state index in [-0.39, 0.29) is 30.2 Å². The Hall–Kier alpha value is -1.59. The van der Waals surface area contributed by atoms with Gasteiger partial charge in [0.15, 0.2) is 0 Å². The summed E-state index contributed by atoms with van der Waals surface area (Å²) in [5.41, 5.74) is 0. The first-order chi connectivity index (χ1) is 8.90. The van der Waals surface area contributed by atoms with Crippen LogP contribution in [0.2, 0.25) is 0 Å². The molecular weight excluding hydrogens is 248 g/mol. The van der Waals surface area contributed by atoms with Gasteiger partial charge in [-0.25, -0.2) is 0 Å². The van der Waals surface area contributed by atoms with Crippen LogP contribution in [-0.4, -0.2) is 35.5 Å². The van der Waals surface area contributed by atoms with Crippen molar-refractivity contribution in [1.29, 1.82) is 0 Å². The summed E-state index contributed by atoms with van der Waals surface area (Å²) in [7, 11) is 0. The maximum Gasteiger partial charge on any atom is 0.306 e. The fourth-order valence-electron chi connectivity index (χ4n) is 2.28. The number of rotatable bonds is 6. The van der Waals surface area contributed by atoms with Crippen LogP contribution in [0.5, 0.6) is 0 Å². The average molecular weight is 270 g/mol. The number of nitrogens with one attached hydrogen (secondary N) is 2. The van der Waals surface area contributed by atoms with E-state index in [0.717, 1.165) is 0 Å². The van der Waals surface area contributed by atoms with E-state index in [1.807, 2.05) is 13.8 Å². The van der Waals surface area contributed by atoms with E-state index < -0.39 is 11.9 Å². The van der Waals surface area contributed by atoms with Crippen LogP contribution in [0, 0.1) is 11.8 Å². The number of aliphatic carboxylic acids is 1. The van der Waals surface area contributed by atoms with Gasteiger partial charge in [-0.15, -0.1) is 0 Å². The Bertz CT molecular complexity index is 355. The number of carboxylic acids is 1. The number of amides is 2. The van der Waals surface area contributed by atoms with Crippen molar-refractivity contribution in [2.75, 3.05) is 6.54 Å². The van der Waals surface area contributed by atoms with Gasteiger partial charge >= 0.3 is 5.97 Å². The highest BCUT2D eigenvalue weighted by molar-refractivity contribution is 5.82. The molecule has 108 valence electrons. The molecule has 1 aliphatic carbocycles. The van der Waals surface area contributed by atoms with E-state index in [4.69, 9.17) is 5.11 Å². The van der Waals surface area contributed by atoms with Gasteiger partial charge in [0, 0.05) is 24.9 Å². The van der Waals surface area contributed by atoms with Crippen molar-refractivity contribution in [3.63, 3.8) is 0 Å². The minimum Gasteiger partial charge on any atom is -0.481 e. The smallest absolute Gasteiger partial charge is 0.306 e. The van der Waals surface area contributed by atoms with Crippen LogP contribution in [0.25, 0.3) is 0 Å². The van der Waals surface area contributed by atoms with Crippen LogP contribution in [0.1, 0.15) is 39.5 Å². The zero-order valence-corrected chi connectivity index (χ0v) is 11.4. The second kappa shape index (κ2) is 7.11. The van der Waals surface area contributed by atoms with Gasteiger partial charge in [0.1, 0.15) is 0 Å². The fourth-order valence-corrected chi connectivity index (χ4v) is 2.28. The normalized spacial score (nSPS) is 22.3. The Morgan fingerprint density at radius 2 is 1.84 bits per heavy atom. The molecule has 0 aromatic rings. The summed E-state index contributed by atoms with van der Waals surface area (Å²) in [6.45, 7) is 4.05. The molecule has 1 rings (SSSR count). The topological polar surface area (TPSA) is 95.5 Å². The van der Waals surface area contributed by atoms with Crippen LogP contribution >= 0.6 is 0 Å². The molecule has 1 saturated carbocycles. The van der Waals surface area contributed by atoms with Crippen molar-refractivity contribution >= 4 is 17.8 Å². The highest BCUT2D eigenvalue weighted by Gasteiger charge is 2.33. The Morgan fingerprint density at radius 3 is 2.37 bits per heavy atom. The van der Waals surface area contributed by atoms with Gasteiger partial charge in [-0.05, 0) is 33.1 Å². The lowest BCUT2D eigenvalue weighted by atomic mass is 10.0. The predicted octanol–water partition coefficient (Wildman–Crippen LogP) is 0.518. The molecular formula is C13H22N2O4. The van der Waals surface area contributed by atoms with Crippen LogP contribution < -0.4 is 10.6 Å². The first-order valence-electron chi connectivity index (χ1n) is 6.70. The summed E-state index contributed by atoms with van der Waals surface area (Å²) in [6.07, 6.45) is 1.82. The molecule has 2 atom stereocenters. The monoisotopic (exact) mass is 270 g/mol. The lowest BCUT2D eigenvalue weighted by molar-refractivity contribution is -0.141. The number of carboxylic acid groups (broad SMARTS) is 1. The summed E-state index contributed by atoms with van der Waals surface area (Å²) < 4.78 is 0. The van der Waals surface area contributed by atoms with Crippen LogP contribution in [0.4, 0.5) is 0 Å². The predicted molar refractivity (Wildman–Crippen MR) is 69.4 cm³/mol. The molecule has 6 heteroatoms. The number of carbonyl (C=O) groups excluding carboxylic acids is 2. The minimum atomic E-state index is -0.827. The first-order valence-corrected chi connectivity index (χ1v) is 6.70. The van der Waals surface area contributed by atoms with Crippen molar-refractivity contribution in [3.05, 3.63) is 0 Å². The summed E-state index contributed by atoms with van der Waals surface area (Å²) in [5.74, 6) is -1.69. The molecule has 6 nitrogen and oxygen atoms in total. The SMILES string of the molecule is CC(C)NC(=O)CCNC(=O)C1CCC(C(=O)O)C1. The Morgan fingerprint density at radius 1 is 1.21 bits per heavy atom. The van der Waals surface area contributed by atoms with Gasteiger partial charge in [-0.2, -0.15) is 0 Å². The highest BCUT2D eigenvalue weighted by atomic mass is 16.4. The van der Waals surface area contributed by atoms with E-state index >= 15 is 0 Å². The molecule has 0 spiro atoms. The molecule has 0 heterocycles. The highest BCUT2D eigenvalue weighted by Crippen LogP contribution is 2.30. The molecule has 19 heavy (non-hydrogen) atoms. The maximum atomic E-state index is 11.8. The molecule has 3 N–H and O–H groups in total. The summed E-state index contributed by atoms with van der Waals surface area (Å²) >= 11 is 0. The molecule has 0 aromatic carbocycles. The molecule has 0 aromatic heterocycles. The Labute approximate surface area is 112 Å². The standard InChI is InChI=1S/C13H22N2O4/c1-8(2)15-11(16)5-6-14-12(17)9-3-4-10(7-9)13(18)19/h8-10H,3-7H2,1-2H3,(H,14,17)(H,15,16)(H,18,19). The van der Waals surface area contributed by atoms with Crippen molar-refractivity contribution in [3.8, 4) is 0 Å². The van der Waals surface area contributed by atoms with Crippen LogP contribution in [-0.2, 0) is 14.4 Å². The van der Waals surface area contributed by atoms with Crippen molar-refractivity contribution < 1.29 is 19.5 Å². The van der Waals surface area contributed by atoms with Crippen molar-refractivity contribution in [1.82, 2.24) is 10.6 Å². The third-order valence-corrected chi connectivity index (χ3v) is 3.25. The van der Waals surface area contributed by atoms with E-state index in [1.165, 1.54) is 0 Å². The second-order valence-corrected chi connectivity index (χ2v) is 5.31. The minimum absolute atomic E-state index is 0.0920. The molecule has 1 aliphatic rings. The van der Waals surface area contributed by atoms with Gasteiger partial charge in [0.2, 0.25) is 11.8 Å². The largest absolute Gasteiger partial charge is 0.481 e. The summed E-state index contributed by atoms with van der Waals surface area (Å²) in [5, 5.41) is 14.3. The third-order valence-electron chi connectivity index (χ3n) is 3.25. The van der Waals surface area contributed by atoms with E-state index in [1.54, 1.807) is 0 Å². The average Bonchev–Trinajstić information content (AvgIpc) is 2.76. The van der Waals surface area contributed by atoms with Crippen LogP contribution in [0.3, 0.4) is 0 Å². The van der Waals surface area contributed by atoms with Gasteiger partial charge in [-0.1, -0.05) is 0 Å². The Kier molecular flexibility index (Phi) is 5.79. The lowest BCUT2D eigenvalue weighted by Crippen LogP contribution is -2.35. The lowest BCUT2D eigenvalue weighted by Gasteiger charge is -2.11. The molecule has 0 radical (unpaired) electrons. The third kappa shape index (κ3) is 5.28. The maximum absolute atomic E-state index is 11.8. The van der Waals surface area contributed by atoms with Gasteiger partial charge in [0.05, 0.1) is 5.92 Å². The van der Waals surface area contributed by atoms with Gasteiger partial charge < -0.3 is 15.7 Å². The molecule has 0 bridgehead atoms. The number of carbonyl (C=O) groups is 3. The van der Waals surface area contributed by atoms with Crippen LogP contribution in [0.15, 0.2) is 0 Å². The number of hydrogen-bond donors (Lipinski definition) is 3. The Balaban J connectivity index is 2.22.